The highest BCUT2D eigenvalue weighted by molar-refractivity contribution is 5.36. The molecule has 2 saturated heterocycles. The van der Waals surface area contributed by atoms with Gasteiger partial charge in [-0.3, -0.25) is 0 Å². The highest BCUT2D eigenvalue weighted by atomic mass is 15.0. The minimum absolute atomic E-state index is 0.511. The molecule has 1 aromatic carbocycles. The minimum atomic E-state index is 0.511. The summed E-state index contributed by atoms with van der Waals surface area (Å²) >= 11 is 0. The summed E-state index contributed by atoms with van der Waals surface area (Å²) in [5.74, 6) is 0. The lowest BCUT2D eigenvalue weighted by atomic mass is 9.66. The molecule has 3 fully saturated rings. The normalized spacial score (nSPS) is 35.9. The van der Waals surface area contributed by atoms with E-state index in [0.717, 1.165) is 6.04 Å². The molecule has 0 atom stereocenters. The lowest BCUT2D eigenvalue weighted by molar-refractivity contribution is 0.304. The smallest absolute Gasteiger partial charge is 0.0107 e. The van der Waals surface area contributed by atoms with Crippen molar-refractivity contribution in [3.05, 3.63) is 35.4 Å². The van der Waals surface area contributed by atoms with Gasteiger partial charge in [-0.1, -0.05) is 29.8 Å². The maximum atomic E-state index is 3.55. The number of benzene rings is 1. The monoisotopic (exact) mass is 173 g/mol. The van der Waals surface area contributed by atoms with Crippen molar-refractivity contribution >= 4 is 0 Å². The molecular formula is C12H15N. The first kappa shape index (κ1) is 7.57. The maximum absolute atomic E-state index is 3.55. The van der Waals surface area contributed by atoms with Crippen molar-refractivity contribution in [2.45, 2.75) is 31.2 Å². The fraction of sp³-hybridized carbons (Fsp3) is 0.500. The summed E-state index contributed by atoms with van der Waals surface area (Å²) in [5, 5.41) is 3.55. The van der Waals surface area contributed by atoms with Crippen LogP contribution in [0.1, 0.15) is 24.0 Å². The molecule has 0 aromatic heterocycles. The SMILES string of the molecule is Cc1cccc(C23CNC(C2)C3)c1. The van der Waals surface area contributed by atoms with E-state index in [1.807, 2.05) is 0 Å². The number of rotatable bonds is 1. The Labute approximate surface area is 79.2 Å². The Morgan fingerprint density at radius 1 is 1.38 bits per heavy atom. The Bertz CT molecular complexity index is 331. The van der Waals surface area contributed by atoms with Gasteiger partial charge in [0.1, 0.15) is 0 Å². The molecule has 2 aliphatic heterocycles. The van der Waals surface area contributed by atoms with Gasteiger partial charge in [0, 0.05) is 18.0 Å². The van der Waals surface area contributed by atoms with Gasteiger partial charge in [-0.25, -0.2) is 0 Å². The molecule has 13 heavy (non-hydrogen) atoms. The van der Waals surface area contributed by atoms with E-state index in [0.29, 0.717) is 5.41 Å². The number of nitrogens with one attached hydrogen (secondary N) is 1. The third kappa shape index (κ3) is 0.969. The van der Waals surface area contributed by atoms with Gasteiger partial charge in [-0.15, -0.1) is 0 Å². The molecule has 0 unspecified atom stereocenters. The van der Waals surface area contributed by atoms with E-state index in [-0.39, 0.29) is 0 Å². The third-order valence-corrected chi connectivity index (χ3v) is 3.63. The molecule has 1 aliphatic carbocycles. The Morgan fingerprint density at radius 3 is 2.85 bits per heavy atom. The van der Waals surface area contributed by atoms with Crippen molar-refractivity contribution in [2.24, 2.45) is 0 Å². The van der Waals surface area contributed by atoms with E-state index >= 15 is 0 Å². The predicted octanol–water partition coefficient (Wildman–Crippen LogP) is 2.00. The average molecular weight is 173 g/mol. The zero-order valence-electron chi connectivity index (χ0n) is 8.01. The van der Waals surface area contributed by atoms with Crippen LogP contribution in [0.15, 0.2) is 24.3 Å². The Hall–Kier alpha value is -0.820. The number of aryl methyl sites for hydroxylation is 1. The van der Waals surface area contributed by atoms with Gasteiger partial charge < -0.3 is 5.32 Å². The van der Waals surface area contributed by atoms with Crippen LogP contribution in [0.25, 0.3) is 0 Å². The summed E-state index contributed by atoms with van der Waals surface area (Å²) < 4.78 is 0. The fourth-order valence-corrected chi connectivity index (χ4v) is 2.82. The first-order valence-electron chi connectivity index (χ1n) is 5.09. The lowest BCUT2D eigenvalue weighted by Gasteiger charge is -2.37. The Morgan fingerprint density at radius 2 is 2.23 bits per heavy atom. The molecule has 2 heterocycles. The second-order valence-corrected chi connectivity index (χ2v) is 4.64. The summed E-state index contributed by atoms with van der Waals surface area (Å²) in [7, 11) is 0. The highest BCUT2D eigenvalue weighted by Crippen LogP contribution is 2.48. The average Bonchev–Trinajstić information content (AvgIpc) is 2.61. The molecule has 1 aromatic rings. The molecule has 0 radical (unpaired) electrons. The first-order chi connectivity index (χ1) is 6.28. The van der Waals surface area contributed by atoms with Gasteiger partial charge in [0.05, 0.1) is 0 Å². The molecule has 3 aliphatic rings. The van der Waals surface area contributed by atoms with Crippen LogP contribution < -0.4 is 5.32 Å². The molecule has 68 valence electrons. The number of hydrogen-bond acceptors (Lipinski definition) is 1. The summed E-state index contributed by atoms with van der Waals surface area (Å²) in [5.41, 5.74) is 3.45. The lowest BCUT2D eigenvalue weighted by Crippen LogP contribution is -2.37. The van der Waals surface area contributed by atoms with Crippen molar-refractivity contribution in [1.29, 1.82) is 0 Å². The van der Waals surface area contributed by atoms with Crippen LogP contribution in [0, 0.1) is 6.92 Å². The van der Waals surface area contributed by atoms with Gasteiger partial charge in [0.15, 0.2) is 0 Å². The quantitative estimate of drug-likeness (QED) is 0.685. The topological polar surface area (TPSA) is 12.0 Å². The van der Waals surface area contributed by atoms with E-state index < -0.39 is 0 Å². The van der Waals surface area contributed by atoms with E-state index in [1.54, 1.807) is 5.56 Å². The summed E-state index contributed by atoms with van der Waals surface area (Å²) in [6.45, 7) is 3.37. The zero-order valence-corrected chi connectivity index (χ0v) is 8.01. The van der Waals surface area contributed by atoms with Gasteiger partial charge in [-0.2, -0.15) is 0 Å². The van der Waals surface area contributed by atoms with Crippen LogP contribution in [0.4, 0.5) is 0 Å². The number of hydrogen-bond donors (Lipinski definition) is 1. The van der Waals surface area contributed by atoms with Crippen LogP contribution in [0.3, 0.4) is 0 Å². The van der Waals surface area contributed by atoms with Crippen molar-refractivity contribution in [3.63, 3.8) is 0 Å². The van der Waals surface area contributed by atoms with E-state index in [2.05, 4.69) is 36.5 Å². The predicted molar refractivity (Wildman–Crippen MR) is 53.9 cm³/mol. The van der Waals surface area contributed by atoms with E-state index in [9.17, 15) is 0 Å². The van der Waals surface area contributed by atoms with Crippen LogP contribution in [-0.4, -0.2) is 12.6 Å². The van der Waals surface area contributed by atoms with Crippen LogP contribution >= 0.6 is 0 Å². The fourth-order valence-electron chi connectivity index (χ4n) is 2.82. The largest absolute Gasteiger partial charge is 0.313 e. The van der Waals surface area contributed by atoms with Crippen molar-refractivity contribution in [2.75, 3.05) is 6.54 Å². The molecule has 2 bridgehead atoms. The molecule has 1 nitrogen and oxygen atoms in total. The maximum Gasteiger partial charge on any atom is 0.0107 e. The zero-order chi connectivity index (χ0) is 8.89. The molecule has 4 rings (SSSR count). The van der Waals surface area contributed by atoms with Crippen molar-refractivity contribution in [1.82, 2.24) is 5.32 Å². The molecular weight excluding hydrogens is 158 g/mol. The van der Waals surface area contributed by atoms with Crippen LogP contribution in [0.2, 0.25) is 0 Å². The molecule has 0 amide bonds. The van der Waals surface area contributed by atoms with Crippen LogP contribution in [-0.2, 0) is 5.41 Å². The molecule has 1 N–H and O–H groups in total. The van der Waals surface area contributed by atoms with Crippen molar-refractivity contribution < 1.29 is 0 Å². The summed E-state index contributed by atoms with van der Waals surface area (Å²) in [4.78, 5) is 0. The van der Waals surface area contributed by atoms with E-state index in [4.69, 9.17) is 0 Å². The molecule has 1 saturated carbocycles. The number of fused-ring (bicyclic) bond motifs is 1. The summed E-state index contributed by atoms with van der Waals surface area (Å²) in [6, 6.07) is 9.82. The molecule has 1 heteroatoms. The van der Waals surface area contributed by atoms with E-state index in [1.165, 1.54) is 24.9 Å². The Balaban J connectivity index is 2.00. The van der Waals surface area contributed by atoms with Gasteiger partial charge in [0.25, 0.3) is 0 Å². The Kier molecular flexibility index (Phi) is 1.37. The molecule has 0 spiro atoms. The second-order valence-electron chi connectivity index (χ2n) is 4.64. The van der Waals surface area contributed by atoms with Gasteiger partial charge in [-0.05, 0) is 25.3 Å². The first-order valence-corrected chi connectivity index (χ1v) is 5.09. The second kappa shape index (κ2) is 2.36. The van der Waals surface area contributed by atoms with Crippen molar-refractivity contribution in [3.8, 4) is 0 Å². The summed E-state index contributed by atoms with van der Waals surface area (Å²) in [6.07, 6.45) is 2.72. The highest BCUT2D eigenvalue weighted by Gasteiger charge is 2.51. The minimum Gasteiger partial charge on any atom is -0.313 e. The standard InChI is InChI=1S/C12H15N/c1-9-3-2-4-10(5-9)12-6-11(7-12)13-8-12/h2-5,11,13H,6-8H2,1H3. The van der Waals surface area contributed by atoms with Crippen LogP contribution in [0.5, 0.6) is 0 Å². The third-order valence-electron chi connectivity index (χ3n) is 3.63. The van der Waals surface area contributed by atoms with Gasteiger partial charge >= 0.3 is 0 Å². The van der Waals surface area contributed by atoms with Gasteiger partial charge in [0.2, 0.25) is 0 Å².